The Morgan fingerprint density at radius 3 is 2.72 bits per heavy atom. The molecule has 0 spiro atoms. The SMILES string of the molecule is Cn1ncc(N)c1NC(=O)c1ccc(Br)cc1Br. The largest absolute Gasteiger partial charge is 0.394 e. The summed E-state index contributed by atoms with van der Waals surface area (Å²) in [6.07, 6.45) is 1.49. The highest BCUT2D eigenvalue weighted by atomic mass is 79.9. The Balaban J connectivity index is 2.28. The van der Waals surface area contributed by atoms with Gasteiger partial charge in [-0.25, -0.2) is 0 Å². The molecule has 1 amide bonds. The van der Waals surface area contributed by atoms with Crippen molar-refractivity contribution in [3.63, 3.8) is 0 Å². The third kappa shape index (κ3) is 2.56. The lowest BCUT2D eigenvalue weighted by Crippen LogP contribution is -2.16. The zero-order chi connectivity index (χ0) is 13.3. The van der Waals surface area contributed by atoms with Crippen LogP contribution in [-0.4, -0.2) is 15.7 Å². The Morgan fingerprint density at radius 2 is 2.17 bits per heavy atom. The van der Waals surface area contributed by atoms with E-state index in [1.165, 1.54) is 10.9 Å². The van der Waals surface area contributed by atoms with Crippen molar-refractivity contribution in [2.75, 3.05) is 11.1 Å². The molecule has 1 aromatic carbocycles. The normalized spacial score (nSPS) is 10.4. The quantitative estimate of drug-likeness (QED) is 0.849. The van der Waals surface area contributed by atoms with Gasteiger partial charge in [0.1, 0.15) is 0 Å². The first kappa shape index (κ1) is 13.1. The summed E-state index contributed by atoms with van der Waals surface area (Å²) < 4.78 is 3.11. The van der Waals surface area contributed by atoms with Crippen molar-refractivity contribution >= 4 is 49.3 Å². The zero-order valence-corrected chi connectivity index (χ0v) is 12.6. The van der Waals surface area contributed by atoms with E-state index in [1.807, 2.05) is 6.07 Å². The maximum absolute atomic E-state index is 12.1. The zero-order valence-electron chi connectivity index (χ0n) is 9.45. The summed E-state index contributed by atoms with van der Waals surface area (Å²) in [5.41, 5.74) is 6.67. The molecule has 94 valence electrons. The summed E-state index contributed by atoms with van der Waals surface area (Å²) in [7, 11) is 1.71. The van der Waals surface area contributed by atoms with Crippen LogP contribution in [0.2, 0.25) is 0 Å². The molecule has 2 rings (SSSR count). The summed E-state index contributed by atoms with van der Waals surface area (Å²) in [4.78, 5) is 12.1. The van der Waals surface area contributed by atoms with Crippen LogP contribution < -0.4 is 11.1 Å². The summed E-state index contributed by atoms with van der Waals surface area (Å²) in [6, 6.07) is 5.32. The molecule has 3 N–H and O–H groups in total. The lowest BCUT2D eigenvalue weighted by molar-refractivity contribution is 0.102. The number of anilines is 2. The van der Waals surface area contributed by atoms with Gasteiger partial charge in [-0.3, -0.25) is 9.48 Å². The lowest BCUT2D eigenvalue weighted by atomic mass is 10.2. The Kier molecular flexibility index (Phi) is 3.72. The second-order valence-electron chi connectivity index (χ2n) is 3.65. The molecule has 0 aliphatic carbocycles. The molecule has 0 aliphatic rings. The number of aromatic nitrogens is 2. The third-order valence-electron chi connectivity index (χ3n) is 2.37. The fourth-order valence-electron chi connectivity index (χ4n) is 1.46. The van der Waals surface area contributed by atoms with E-state index in [0.29, 0.717) is 21.5 Å². The number of hydrogen-bond donors (Lipinski definition) is 2. The van der Waals surface area contributed by atoms with Crippen LogP contribution in [0.25, 0.3) is 0 Å². The van der Waals surface area contributed by atoms with Gasteiger partial charge in [-0.1, -0.05) is 15.9 Å². The van der Waals surface area contributed by atoms with Crippen LogP contribution in [0.3, 0.4) is 0 Å². The van der Waals surface area contributed by atoms with E-state index in [9.17, 15) is 4.79 Å². The second-order valence-corrected chi connectivity index (χ2v) is 5.42. The van der Waals surface area contributed by atoms with Gasteiger partial charge in [-0.15, -0.1) is 0 Å². The molecule has 0 saturated carbocycles. The number of nitrogen functional groups attached to an aromatic ring is 1. The Hall–Kier alpha value is -1.34. The van der Waals surface area contributed by atoms with E-state index in [-0.39, 0.29) is 5.91 Å². The number of nitrogens with zero attached hydrogens (tertiary/aromatic N) is 2. The smallest absolute Gasteiger partial charge is 0.258 e. The van der Waals surface area contributed by atoms with Crippen LogP contribution in [0.4, 0.5) is 11.5 Å². The van der Waals surface area contributed by atoms with Gasteiger partial charge < -0.3 is 11.1 Å². The second kappa shape index (κ2) is 5.11. The number of halogens is 2. The average molecular weight is 374 g/mol. The van der Waals surface area contributed by atoms with E-state index >= 15 is 0 Å². The first-order valence-electron chi connectivity index (χ1n) is 5.03. The predicted molar refractivity (Wildman–Crippen MR) is 77.4 cm³/mol. The highest BCUT2D eigenvalue weighted by Crippen LogP contribution is 2.24. The van der Waals surface area contributed by atoms with Gasteiger partial charge in [-0.05, 0) is 34.1 Å². The first-order chi connectivity index (χ1) is 8.49. The van der Waals surface area contributed by atoms with E-state index in [0.717, 1.165) is 4.47 Å². The summed E-state index contributed by atoms with van der Waals surface area (Å²) in [5.74, 6) is 0.236. The van der Waals surface area contributed by atoms with Crippen molar-refractivity contribution in [2.24, 2.45) is 7.05 Å². The van der Waals surface area contributed by atoms with E-state index < -0.39 is 0 Å². The van der Waals surface area contributed by atoms with Crippen LogP contribution in [0.15, 0.2) is 33.3 Å². The summed E-state index contributed by atoms with van der Waals surface area (Å²) in [6.45, 7) is 0. The van der Waals surface area contributed by atoms with Gasteiger partial charge >= 0.3 is 0 Å². The first-order valence-corrected chi connectivity index (χ1v) is 6.61. The summed E-state index contributed by atoms with van der Waals surface area (Å²) in [5, 5.41) is 6.68. The fraction of sp³-hybridized carbons (Fsp3) is 0.0909. The Bertz CT molecular complexity index is 590. The number of nitrogens with two attached hydrogens (primary N) is 1. The van der Waals surface area contributed by atoms with Crippen molar-refractivity contribution < 1.29 is 4.79 Å². The van der Waals surface area contributed by atoms with Crippen molar-refractivity contribution in [3.05, 3.63) is 38.9 Å². The van der Waals surface area contributed by atoms with E-state index in [1.54, 1.807) is 19.2 Å². The van der Waals surface area contributed by atoms with Gasteiger partial charge in [0.05, 0.1) is 17.4 Å². The third-order valence-corrected chi connectivity index (χ3v) is 3.52. The van der Waals surface area contributed by atoms with Crippen LogP contribution in [0.1, 0.15) is 10.4 Å². The lowest BCUT2D eigenvalue weighted by Gasteiger charge is -2.08. The molecule has 0 radical (unpaired) electrons. The minimum atomic E-state index is -0.246. The number of carbonyl (C=O) groups excluding carboxylic acids is 1. The molecular weight excluding hydrogens is 364 g/mol. The minimum absolute atomic E-state index is 0.246. The van der Waals surface area contributed by atoms with Crippen LogP contribution in [-0.2, 0) is 7.05 Å². The average Bonchev–Trinajstić information content (AvgIpc) is 2.60. The number of rotatable bonds is 2. The van der Waals surface area contributed by atoms with Gasteiger partial charge in [0.2, 0.25) is 0 Å². The van der Waals surface area contributed by atoms with Gasteiger partial charge in [0.15, 0.2) is 5.82 Å². The fourth-order valence-corrected chi connectivity index (χ4v) is 2.68. The molecule has 2 aromatic rings. The van der Waals surface area contributed by atoms with Crippen LogP contribution >= 0.6 is 31.9 Å². The molecule has 7 heteroatoms. The van der Waals surface area contributed by atoms with Crippen molar-refractivity contribution in [2.45, 2.75) is 0 Å². The predicted octanol–water partition coefficient (Wildman–Crippen LogP) is 2.78. The number of nitrogens with one attached hydrogen (secondary N) is 1. The number of benzene rings is 1. The molecule has 18 heavy (non-hydrogen) atoms. The topological polar surface area (TPSA) is 72.9 Å². The van der Waals surface area contributed by atoms with Gasteiger partial charge in [0.25, 0.3) is 5.91 Å². The molecule has 0 unspecified atom stereocenters. The monoisotopic (exact) mass is 372 g/mol. The van der Waals surface area contributed by atoms with Crippen LogP contribution in [0.5, 0.6) is 0 Å². The molecule has 0 aliphatic heterocycles. The molecule has 0 bridgehead atoms. The number of carbonyl (C=O) groups is 1. The highest BCUT2D eigenvalue weighted by molar-refractivity contribution is 9.11. The van der Waals surface area contributed by atoms with Crippen molar-refractivity contribution in [3.8, 4) is 0 Å². The Morgan fingerprint density at radius 1 is 1.44 bits per heavy atom. The van der Waals surface area contributed by atoms with Gasteiger partial charge in [0, 0.05) is 16.0 Å². The number of amides is 1. The Labute approximate surface area is 121 Å². The van der Waals surface area contributed by atoms with E-state index in [4.69, 9.17) is 5.73 Å². The van der Waals surface area contributed by atoms with Gasteiger partial charge in [-0.2, -0.15) is 5.10 Å². The molecule has 0 fully saturated rings. The molecule has 1 heterocycles. The van der Waals surface area contributed by atoms with Crippen LogP contribution in [0, 0.1) is 0 Å². The minimum Gasteiger partial charge on any atom is -0.394 e. The van der Waals surface area contributed by atoms with E-state index in [2.05, 4.69) is 42.3 Å². The van der Waals surface area contributed by atoms with Crippen molar-refractivity contribution in [1.82, 2.24) is 9.78 Å². The highest BCUT2D eigenvalue weighted by Gasteiger charge is 2.14. The molecule has 0 atom stereocenters. The molecular formula is C11H10Br2N4O. The number of hydrogen-bond acceptors (Lipinski definition) is 3. The maximum Gasteiger partial charge on any atom is 0.258 e. The standard InChI is InChI=1S/C11H10Br2N4O/c1-17-10(9(14)5-15-17)16-11(18)7-3-2-6(12)4-8(7)13/h2-5H,14H2,1H3,(H,16,18). The molecule has 5 nitrogen and oxygen atoms in total. The molecule has 1 aromatic heterocycles. The summed E-state index contributed by atoms with van der Waals surface area (Å²) >= 11 is 6.68. The van der Waals surface area contributed by atoms with Crippen molar-refractivity contribution in [1.29, 1.82) is 0 Å². The number of aryl methyl sites for hydroxylation is 1. The maximum atomic E-state index is 12.1. The molecule has 0 saturated heterocycles.